The molecule has 5 nitrogen and oxygen atoms in total. The van der Waals surface area contributed by atoms with Gasteiger partial charge >= 0.3 is 0 Å². The molecule has 2 aromatic rings. The van der Waals surface area contributed by atoms with Gasteiger partial charge in [-0.05, 0) is 18.2 Å². The van der Waals surface area contributed by atoms with Crippen molar-refractivity contribution < 1.29 is 9.66 Å². The van der Waals surface area contributed by atoms with Crippen LogP contribution in [0.3, 0.4) is 0 Å². The lowest BCUT2D eigenvalue weighted by molar-refractivity contribution is -0.384. The van der Waals surface area contributed by atoms with Crippen LogP contribution in [0, 0.1) is 10.1 Å². The molecule has 2 aromatic carbocycles. The van der Waals surface area contributed by atoms with Crippen LogP contribution in [-0.2, 0) is 6.54 Å². The SMILES string of the molecule is O=[N+]([O-])c1ccc(N2COc3ccccc3C2)cc1. The molecule has 19 heavy (non-hydrogen) atoms. The van der Waals surface area contributed by atoms with Crippen LogP contribution in [0.4, 0.5) is 11.4 Å². The molecular weight excluding hydrogens is 244 g/mol. The van der Waals surface area contributed by atoms with Gasteiger partial charge in [0, 0.05) is 29.9 Å². The highest BCUT2D eigenvalue weighted by Crippen LogP contribution is 2.28. The lowest BCUT2D eigenvalue weighted by Gasteiger charge is -2.30. The molecule has 3 rings (SSSR count). The Morgan fingerprint density at radius 1 is 1.11 bits per heavy atom. The molecule has 0 radical (unpaired) electrons. The molecule has 0 aliphatic carbocycles. The van der Waals surface area contributed by atoms with Gasteiger partial charge in [0.2, 0.25) is 0 Å². The van der Waals surface area contributed by atoms with E-state index in [0.717, 1.165) is 23.5 Å². The fraction of sp³-hybridized carbons (Fsp3) is 0.143. The number of benzene rings is 2. The molecule has 0 unspecified atom stereocenters. The fourth-order valence-corrected chi connectivity index (χ4v) is 2.12. The van der Waals surface area contributed by atoms with Gasteiger partial charge < -0.3 is 9.64 Å². The van der Waals surface area contributed by atoms with Gasteiger partial charge in [-0.3, -0.25) is 10.1 Å². The maximum absolute atomic E-state index is 10.6. The minimum absolute atomic E-state index is 0.0991. The van der Waals surface area contributed by atoms with Crippen molar-refractivity contribution in [2.45, 2.75) is 6.54 Å². The van der Waals surface area contributed by atoms with Crippen LogP contribution >= 0.6 is 0 Å². The van der Waals surface area contributed by atoms with E-state index in [1.165, 1.54) is 12.1 Å². The van der Waals surface area contributed by atoms with Gasteiger partial charge in [0.1, 0.15) is 5.75 Å². The Morgan fingerprint density at radius 2 is 1.84 bits per heavy atom. The van der Waals surface area contributed by atoms with Gasteiger partial charge in [-0.15, -0.1) is 0 Å². The Hall–Kier alpha value is -2.56. The number of nitrogens with zero attached hydrogens (tertiary/aromatic N) is 2. The summed E-state index contributed by atoms with van der Waals surface area (Å²) in [5, 5.41) is 10.6. The predicted molar refractivity (Wildman–Crippen MR) is 71.2 cm³/mol. The van der Waals surface area contributed by atoms with Gasteiger partial charge in [-0.1, -0.05) is 18.2 Å². The number of non-ortho nitro benzene ring substituents is 1. The average Bonchev–Trinajstić information content (AvgIpc) is 2.47. The Morgan fingerprint density at radius 3 is 2.58 bits per heavy atom. The quantitative estimate of drug-likeness (QED) is 0.612. The van der Waals surface area contributed by atoms with Crippen molar-refractivity contribution in [3.05, 3.63) is 64.2 Å². The van der Waals surface area contributed by atoms with Crippen LogP contribution in [-0.4, -0.2) is 11.7 Å². The van der Waals surface area contributed by atoms with Crippen molar-refractivity contribution in [1.29, 1.82) is 0 Å². The number of nitro groups is 1. The first-order valence-electron chi connectivity index (χ1n) is 5.94. The van der Waals surface area contributed by atoms with E-state index >= 15 is 0 Å². The highest BCUT2D eigenvalue weighted by Gasteiger charge is 2.17. The summed E-state index contributed by atoms with van der Waals surface area (Å²) in [6.07, 6.45) is 0. The van der Waals surface area contributed by atoms with E-state index in [1.54, 1.807) is 12.1 Å². The number of anilines is 1. The topological polar surface area (TPSA) is 55.6 Å². The summed E-state index contributed by atoms with van der Waals surface area (Å²) >= 11 is 0. The summed E-state index contributed by atoms with van der Waals surface area (Å²) < 4.78 is 5.66. The maximum atomic E-state index is 10.6. The summed E-state index contributed by atoms with van der Waals surface area (Å²) in [4.78, 5) is 12.3. The van der Waals surface area contributed by atoms with Crippen molar-refractivity contribution in [1.82, 2.24) is 0 Å². The van der Waals surface area contributed by atoms with E-state index in [0.29, 0.717) is 6.73 Å². The van der Waals surface area contributed by atoms with Crippen molar-refractivity contribution in [3.63, 3.8) is 0 Å². The van der Waals surface area contributed by atoms with Crippen molar-refractivity contribution in [2.75, 3.05) is 11.6 Å². The Bertz CT molecular complexity index is 610. The van der Waals surface area contributed by atoms with Crippen LogP contribution in [0.1, 0.15) is 5.56 Å². The molecule has 0 amide bonds. The zero-order valence-electron chi connectivity index (χ0n) is 10.2. The molecule has 0 aromatic heterocycles. The molecule has 96 valence electrons. The molecular formula is C14H12N2O3. The van der Waals surface area contributed by atoms with Gasteiger partial charge in [0.05, 0.1) is 4.92 Å². The summed E-state index contributed by atoms with van der Waals surface area (Å²) in [5.74, 6) is 0.903. The molecule has 0 atom stereocenters. The molecule has 0 N–H and O–H groups in total. The van der Waals surface area contributed by atoms with Crippen molar-refractivity contribution >= 4 is 11.4 Å². The minimum Gasteiger partial charge on any atom is -0.473 e. The molecule has 0 bridgehead atoms. The Kier molecular flexibility index (Phi) is 2.79. The van der Waals surface area contributed by atoms with E-state index in [4.69, 9.17) is 4.74 Å². The van der Waals surface area contributed by atoms with E-state index in [2.05, 4.69) is 0 Å². The molecule has 0 saturated carbocycles. The monoisotopic (exact) mass is 256 g/mol. The fourth-order valence-electron chi connectivity index (χ4n) is 2.12. The van der Waals surface area contributed by atoms with Crippen LogP contribution in [0.5, 0.6) is 5.75 Å². The summed E-state index contributed by atoms with van der Waals surface area (Å²) in [6, 6.07) is 14.4. The Labute approximate surface area is 110 Å². The zero-order valence-corrected chi connectivity index (χ0v) is 10.2. The standard InChI is InChI=1S/C14H12N2O3/c17-16(18)13-7-5-12(6-8-13)15-9-11-3-1-2-4-14(11)19-10-15/h1-8H,9-10H2. The van der Waals surface area contributed by atoms with Crippen LogP contribution in [0.2, 0.25) is 0 Å². The smallest absolute Gasteiger partial charge is 0.269 e. The number of hydrogen-bond acceptors (Lipinski definition) is 4. The first-order valence-corrected chi connectivity index (χ1v) is 5.94. The first kappa shape index (κ1) is 11.5. The van der Waals surface area contributed by atoms with E-state index in [-0.39, 0.29) is 5.69 Å². The van der Waals surface area contributed by atoms with Gasteiger partial charge in [0.15, 0.2) is 6.73 Å². The molecule has 1 heterocycles. The minimum atomic E-state index is -0.397. The molecule has 5 heteroatoms. The van der Waals surface area contributed by atoms with E-state index < -0.39 is 4.92 Å². The molecule has 0 spiro atoms. The summed E-state index contributed by atoms with van der Waals surface area (Å²) in [7, 11) is 0. The lowest BCUT2D eigenvalue weighted by Crippen LogP contribution is -2.31. The normalized spacial score (nSPS) is 13.6. The Balaban J connectivity index is 1.83. The van der Waals surface area contributed by atoms with E-state index in [9.17, 15) is 10.1 Å². The lowest BCUT2D eigenvalue weighted by atomic mass is 10.1. The highest BCUT2D eigenvalue weighted by atomic mass is 16.6. The second kappa shape index (κ2) is 4.61. The number of fused-ring (bicyclic) bond motifs is 1. The van der Waals surface area contributed by atoms with Gasteiger partial charge in [0.25, 0.3) is 5.69 Å². The van der Waals surface area contributed by atoms with Crippen LogP contribution in [0.25, 0.3) is 0 Å². The van der Waals surface area contributed by atoms with Crippen molar-refractivity contribution in [2.24, 2.45) is 0 Å². The van der Waals surface area contributed by atoms with Crippen LogP contribution in [0.15, 0.2) is 48.5 Å². The maximum Gasteiger partial charge on any atom is 0.269 e. The van der Waals surface area contributed by atoms with Crippen LogP contribution < -0.4 is 9.64 Å². The second-order valence-corrected chi connectivity index (χ2v) is 4.35. The highest BCUT2D eigenvalue weighted by molar-refractivity contribution is 5.53. The number of hydrogen-bond donors (Lipinski definition) is 0. The third-order valence-electron chi connectivity index (χ3n) is 3.14. The molecule has 0 fully saturated rings. The van der Waals surface area contributed by atoms with Gasteiger partial charge in [-0.2, -0.15) is 0 Å². The molecule has 0 saturated heterocycles. The number of rotatable bonds is 2. The number of nitro benzene ring substituents is 1. The second-order valence-electron chi connectivity index (χ2n) is 4.35. The molecule has 1 aliphatic heterocycles. The summed E-state index contributed by atoms with van der Waals surface area (Å²) in [5.41, 5.74) is 2.13. The number of ether oxygens (including phenoxy) is 1. The first-order chi connectivity index (χ1) is 9.24. The van der Waals surface area contributed by atoms with Gasteiger partial charge in [-0.25, -0.2) is 0 Å². The summed E-state index contributed by atoms with van der Waals surface area (Å²) in [6.45, 7) is 1.20. The van der Waals surface area contributed by atoms with Crippen molar-refractivity contribution in [3.8, 4) is 5.75 Å². The third kappa shape index (κ3) is 2.22. The molecule has 1 aliphatic rings. The zero-order chi connectivity index (χ0) is 13.2. The largest absolute Gasteiger partial charge is 0.473 e. The average molecular weight is 256 g/mol. The number of para-hydroxylation sites is 1. The third-order valence-corrected chi connectivity index (χ3v) is 3.14. The predicted octanol–water partition coefficient (Wildman–Crippen LogP) is 2.95. The van der Waals surface area contributed by atoms with E-state index in [1.807, 2.05) is 29.2 Å².